The highest BCUT2D eigenvalue weighted by atomic mass is 16.7. The van der Waals surface area contributed by atoms with Crippen molar-refractivity contribution in [1.29, 1.82) is 0 Å². The maximum Gasteiger partial charge on any atom is 0.249 e. The van der Waals surface area contributed by atoms with Gasteiger partial charge in [0.15, 0.2) is 6.29 Å². The number of ether oxygens (including phenoxy) is 2. The lowest BCUT2D eigenvalue weighted by molar-refractivity contribution is -0.303. The lowest BCUT2D eigenvalue weighted by Gasteiger charge is -2.40. The second-order valence-corrected chi connectivity index (χ2v) is 18.7. The van der Waals surface area contributed by atoms with Crippen LogP contribution in [0, 0.1) is 5.92 Å². The number of unbranched alkanes of at least 4 members (excludes halogenated alkanes) is 28. The first-order valence-corrected chi connectivity index (χ1v) is 25.3. The zero-order chi connectivity index (χ0) is 44.2. The van der Waals surface area contributed by atoms with Crippen LogP contribution in [0.15, 0.2) is 0 Å². The van der Waals surface area contributed by atoms with Crippen molar-refractivity contribution in [2.45, 2.75) is 288 Å². The molecule has 1 rings (SSSR count). The van der Waals surface area contributed by atoms with E-state index in [1.165, 1.54) is 148 Å². The summed E-state index contributed by atoms with van der Waals surface area (Å²) in [4.78, 5) is 13.1. The average molecular weight is 860 g/mol. The highest BCUT2D eigenvalue weighted by Gasteiger charge is 2.44. The van der Waals surface area contributed by atoms with Gasteiger partial charge in [-0.25, -0.2) is 0 Å². The summed E-state index contributed by atoms with van der Waals surface area (Å²) in [6.07, 6.45) is 27.4. The van der Waals surface area contributed by atoms with Gasteiger partial charge in [-0.05, 0) is 18.8 Å². The minimum absolute atomic E-state index is 0.266. The Morgan fingerprint density at radius 1 is 0.550 bits per heavy atom. The van der Waals surface area contributed by atoms with Gasteiger partial charge in [0.25, 0.3) is 0 Å². The summed E-state index contributed by atoms with van der Waals surface area (Å²) < 4.78 is 11.1. The number of hydrogen-bond donors (Lipinski definition) is 8. The van der Waals surface area contributed by atoms with Gasteiger partial charge < -0.3 is 50.5 Å². The van der Waals surface area contributed by atoms with E-state index in [0.29, 0.717) is 19.3 Å². The van der Waals surface area contributed by atoms with Crippen molar-refractivity contribution in [3.05, 3.63) is 0 Å². The molecule has 11 nitrogen and oxygen atoms in total. The third-order valence-corrected chi connectivity index (χ3v) is 12.6. The van der Waals surface area contributed by atoms with Gasteiger partial charge in [-0.2, -0.15) is 0 Å². The van der Waals surface area contributed by atoms with Gasteiger partial charge in [-0.3, -0.25) is 4.79 Å². The van der Waals surface area contributed by atoms with Crippen LogP contribution < -0.4 is 5.32 Å². The maximum absolute atomic E-state index is 13.1. The van der Waals surface area contributed by atoms with Crippen molar-refractivity contribution < 1.29 is 50.0 Å². The molecule has 0 spiro atoms. The summed E-state index contributed by atoms with van der Waals surface area (Å²) in [6.45, 7) is 5.75. The van der Waals surface area contributed by atoms with Crippen molar-refractivity contribution in [3.8, 4) is 0 Å². The Kier molecular flexibility index (Phi) is 36.7. The molecule has 1 amide bonds. The van der Waals surface area contributed by atoms with Crippen LogP contribution in [0.5, 0.6) is 0 Å². The molecule has 0 aromatic heterocycles. The quantitative estimate of drug-likeness (QED) is 0.0275. The highest BCUT2D eigenvalue weighted by molar-refractivity contribution is 5.80. The number of rotatable bonds is 42. The minimum atomic E-state index is -1.66. The molecule has 1 saturated heterocycles. The van der Waals surface area contributed by atoms with Crippen LogP contribution in [0.25, 0.3) is 0 Å². The Labute approximate surface area is 367 Å². The van der Waals surface area contributed by atoms with E-state index in [4.69, 9.17) is 9.47 Å². The number of amides is 1. The van der Waals surface area contributed by atoms with E-state index >= 15 is 0 Å². The second kappa shape index (κ2) is 38.6. The van der Waals surface area contributed by atoms with Crippen LogP contribution in [-0.4, -0.2) is 110 Å². The highest BCUT2D eigenvalue weighted by Crippen LogP contribution is 2.23. The Bertz CT molecular complexity index is 957. The number of carbonyl (C=O) groups excluding carboxylic acids is 1. The molecule has 11 heteroatoms. The van der Waals surface area contributed by atoms with Crippen molar-refractivity contribution in [3.63, 3.8) is 0 Å². The van der Waals surface area contributed by atoms with E-state index < -0.39 is 74.2 Å². The zero-order valence-corrected chi connectivity index (χ0v) is 38.9. The van der Waals surface area contributed by atoms with Crippen LogP contribution in [0.4, 0.5) is 0 Å². The molecule has 0 aliphatic carbocycles. The molecule has 1 fully saturated rings. The maximum atomic E-state index is 13.1. The molecule has 0 aromatic carbocycles. The fourth-order valence-electron chi connectivity index (χ4n) is 8.39. The number of aliphatic hydroxyl groups excluding tert-OH is 7. The molecule has 0 unspecified atom stereocenters. The topological polar surface area (TPSA) is 189 Å². The van der Waals surface area contributed by atoms with Crippen LogP contribution in [-0.2, 0) is 14.3 Å². The fourth-order valence-corrected chi connectivity index (χ4v) is 8.39. The van der Waals surface area contributed by atoms with E-state index in [1.807, 2.05) is 0 Å². The monoisotopic (exact) mass is 860 g/mol. The van der Waals surface area contributed by atoms with E-state index in [9.17, 15) is 40.5 Å². The standard InChI is InChI=1S/C49H97NO10/c1-4-5-6-7-8-9-10-11-12-13-14-15-16-17-18-19-20-23-27-30-33-36-42(53)48(58)50-40(38-59-49-47(57)46(56)45(55)43(37-51)60-49)44(54)41(52)35-32-29-26-24-21-22-25-28-31-34-39(2)3/h39-47,49,51-57H,4-38H2,1-3H3,(H,50,58)/t40-,41+,42+,43+,44-,45-,46-,47+,49-/m0/s1. The summed E-state index contributed by atoms with van der Waals surface area (Å²) in [5.74, 6) is 0.0703. The molecule has 0 saturated carbocycles. The molecule has 1 aliphatic rings. The molecule has 1 heterocycles. The minimum Gasteiger partial charge on any atom is -0.394 e. The third-order valence-electron chi connectivity index (χ3n) is 12.6. The lowest BCUT2D eigenvalue weighted by Crippen LogP contribution is -2.60. The predicted molar refractivity (Wildman–Crippen MR) is 243 cm³/mol. The lowest BCUT2D eigenvalue weighted by atomic mass is 9.98. The normalized spacial score (nSPS) is 21.6. The smallest absolute Gasteiger partial charge is 0.249 e. The van der Waals surface area contributed by atoms with Gasteiger partial charge >= 0.3 is 0 Å². The van der Waals surface area contributed by atoms with Crippen LogP contribution in [0.1, 0.15) is 233 Å². The Hall–Kier alpha value is -0.890. The van der Waals surface area contributed by atoms with E-state index in [1.54, 1.807) is 0 Å². The first-order valence-electron chi connectivity index (χ1n) is 25.3. The molecule has 8 N–H and O–H groups in total. The number of nitrogens with one attached hydrogen (secondary N) is 1. The van der Waals surface area contributed by atoms with Gasteiger partial charge in [-0.1, -0.05) is 220 Å². The van der Waals surface area contributed by atoms with E-state index in [-0.39, 0.29) is 6.42 Å². The van der Waals surface area contributed by atoms with E-state index in [0.717, 1.165) is 44.4 Å². The SMILES string of the molecule is CCCCCCCCCCCCCCCCCCCCCCC[C@@H](O)C(=O)N[C@@H](CO[C@H]1O[C@H](CO)[C@H](O)[C@H](O)[C@H]1O)[C@H](O)[C@H](O)CCCCCCCCCCCC(C)C. The number of carbonyl (C=O) groups is 1. The molecule has 0 bridgehead atoms. The zero-order valence-electron chi connectivity index (χ0n) is 38.9. The van der Waals surface area contributed by atoms with Crippen LogP contribution in [0.2, 0.25) is 0 Å². The summed E-state index contributed by atoms with van der Waals surface area (Å²) in [5.41, 5.74) is 0. The first-order chi connectivity index (χ1) is 29.0. The molecule has 358 valence electrons. The number of hydrogen-bond acceptors (Lipinski definition) is 10. The predicted octanol–water partition coefficient (Wildman–Crippen LogP) is 8.92. The van der Waals surface area contributed by atoms with E-state index in [2.05, 4.69) is 26.1 Å². The Balaban J connectivity index is 2.35. The van der Waals surface area contributed by atoms with Crippen molar-refractivity contribution >= 4 is 5.91 Å². The first kappa shape index (κ1) is 57.1. The average Bonchev–Trinajstić information content (AvgIpc) is 3.23. The Morgan fingerprint density at radius 2 is 0.933 bits per heavy atom. The fraction of sp³-hybridized carbons (Fsp3) is 0.980. The van der Waals surface area contributed by atoms with Gasteiger partial charge in [0.2, 0.25) is 5.91 Å². The number of aliphatic hydroxyl groups is 7. The van der Waals surface area contributed by atoms with Crippen LogP contribution >= 0.6 is 0 Å². The molecule has 60 heavy (non-hydrogen) atoms. The van der Waals surface area contributed by atoms with Gasteiger partial charge in [0.05, 0.1) is 25.4 Å². The largest absolute Gasteiger partial charge is 0.394 e. The molecular weight excluding hydrogens is 763 g/mol. The summed E-state index contributed by atoms with van der Waals surface area (Å²) in [6, 6.07) is -1.16. The molecule has 0 aromatic rings. The second-order valence-electron chi connectivity index (χ2n) is 18.7. The molecule has 0 radical (unpaired) electrons. The van der Waals surface area contributed by atoms with Crippen molar-refractivity contribution in [2.75, 3.05) is 13.2 Å². The Morgan fingerprint density at radius 3 is 1.33 bits per heavy atom. The van der Waals surface area contributed by atoms with Gasteiger partial charge in [0, 0.05) is 0 Å². The summed E-state index contributed by atoms with van der Waals surface area (Å²) in [7, 11) is 0. The third kappa shape index (κ3) is 28.7. The molecule has 9 atom stereocenters. The van der Waals surface area contributed by atoms with Crippen LogP contribution in [0.3, 0.4) is 0 Å². The molecule has 1 aliphatic heterocycles. The molecular formula is C49H97NO10. The summed E-state index contributed by atoms with van der Waals surface area (Å²) in [5, 5.41) is 75.8. The van der Waals surface area contributed by atoms with Crippen molar-refractivity contribution in [2.24, 2.45) is 5.92 Å². The van der Waals surface area contributed by atoms with Gasteiger partial charge in [-0.15, -0.1) is 0 Å². The van der Waals surface area contributed by atoms with Gasteiger partial charge in [0.1, 0.15) is 36.6 Å². The summed E-state index contributed by atoms with van der Waals surface area (Å²) >= 11 is 0. The van der Waals surface area contributed by atoms with Crippen molar-refractivity contribution in [1.82, 2.24) is 5.32 Å².